The van der Waals surface area contributed by atoms with Crippen molar-refractivity contribution in [2.45, 2.75) is 32.2 Å². The first-order valence-electron chi connectivity index (χ1n) is 7.48. The van der Waals surface area contributed by atoms with Gasteiger partial charge in [-0.15, -0.1) is 0 Å². The van der Waals surface area contributed by atoms with E-state index in [1.54, 1.807) is 0 Å². The molecule has 2 N–H and O–H groups in total. The van der Waals surface area contributed by atoms with Crippen LogP contribution in [0.2, 0.25) is 0 Å². The van der Waals surface area contributed by atoms with Crippen LogP contribution in [0.25, 0.3) is 10.9 Å². The SMILES string of the molecule is Cc1cc2nc(N)nc3c2c(n1)CCC1CC(=O)OCCN31. The summed E-state index contributed by atoms with van der Waals surface area (Å²) in [7, 11) is 0. The zero-order valence-corrected chi connectivity index (χ0v) is 12.4. The van der Waals surface area contributed by atoms with Gasteiger partial charge >= 0.3 is 5.97 Å². The van der Waals surface area contributed by atoms with Crippen molar-refractivity contribution in [3.05, 3.63) is 17.5 Å². The molecule has 0 saturated carbocycles. The van der Waals surface area contributed by atoms with Crippen LogP contribution in [0.1, 0.15) is 24.2 Å². The Labute approximate surface area is 127 Å². The van der Waals surface area contributed by atoms with Crippen LogP contribution in [-0.4, -0.2) is 40.1 Å². The van der Waals surface area contributed by atoms with Gasteiger partial charge in [-0.25, -0.2) is 4.98 Å². The van der Waals surface area contributed by atoms with Gasteiger partial charge in [-0.2, -0.15) is 4.98 Å². The Morgan fingerprint density at radius 3 is 3.09 bits per heavy atom. The van der Waals surface area contributed by atoms with E-state index in [-0.39, 0.29) is 18.0 Å². The van der Waals surface area contributed by atoms with Gasteiger partial charge in [-0.3, -0.25) is 9.78 Å². The third-order valence-corrected chi connectivity index (χ3v) is 4.31. The average Bonchev–Trinajstić information content (AvgIpc) is 2.71. The minimum Gasteiger partial charge on any atom is -0.464 e. The number of fused-ring (bicyclic) bond motifs is 2. The molecule has 7 nitrogen and oxygen atoms in total. The summed E-state index contributed by atoms with van der Waals surface area (Å²) >= 11 is 0. The van der Waals surface area contributed by atoms with E-state index in [1.807, 2.05) is 13.0 Å². The van der Waals surface area contributed by atoms with Crippen molar-refractivity contribution in [2.75, 3.05) is 23.8 Å². The van der Waals surface area contributed by atoms with E-state index >= 15 is 0 Å². The van der Waals surface area contributed by atoms with Crippen LogP contribution in [0.5, 0.6) is 0 Å². The predicted octanol–water partition coefficient (Wildman–Crippen LogP) is 0.984. The molecular weight excluding hydrogens is 282 g/mol. The normalized spacial score (nSPS) is 21.0. The van der Waals surface area contributed by atoms with E-state index in [2.05, 4.69) is 19.9 Å². The number of carbonyl (C=O) groups is 1. The molecule has 0 spiro atoms. The van der Waals surface area contributed by atoms with Gasteiger partial charge in [-0.1, -0.05) is 0 Å². The number of cyclic esters (lactones) is 1. The number of nitrogens with two attached hydrogens (primary N) is 1. The number of nitrogens with zero attached hydrogens (tertiary/aromatic N) is 4. The quantitative estimate of drug-likeness (QED) is 0.725. The van der Waals surface area contributed by atoms with Crippen LogP contribution in [-0.2, 0) is 16.0 Å². The number of esters is 1. The summed E-state index contributed by atoms with van der Waals surface area (Å²) < 4.78 is 5.20. The van der Waals surface area contributed by atoms with Gasteiger partial charge < -0.3 is 15.4 Å². The van der Waals surface area contributed by atoms with Gasteiger partial charge in [0, 0.05) is 11.7 Å². The molecule has 1 saturated heterocycles. The number of aryl methyl sites for hydroxylation is 2. The number of carbonyl (C=O) groups excluding carboxylic acids is 1. The van der Waals surface area contributed by atoms with E-state index in [0.717, 1.165) is 41.0 Å². The highest BCUT2D eigenvalue weighted by molar-refractivity contribution is 5.93. The molecule has 0 amide bonds. The third kappa shape index (κ3) is 2.04. The first-order valence-corrected chi connectivity index (χ1v) is 7.48. The highest BCUT2D eigenvalue weighted by Crippen LogP contribution is 2.35. The molecule has 1 atom stereocenters. The van der Waals surface area contributed by atoms with Gasteiger partial charge in [0.1, 0.15) is 12.4 Å². The van der Waals surface area contributed by atoms with Crippen LogP contribution < -0.4 is 10.6 Å². The Morgan fingerprint density at radius 1 is 1.36 bits per heavy atom. The first kappa shape index (κ1) is 13.2. The molecule has 0 radical (unpaired) electrons. The second kappa shape index (κ2) is 4.79. The lowest BCUT2D eigenvalue weighted by Crippen LogP contribution is -2.36. The molecule has 7 heteroatoms. The number of anilines is 2. The Morgan fingerprint density at radius 2 is 2.23 bits per heavy atom. The van der Waals surface area contributed by atoms with E-state index in [9.17, 15) is 4.79 Å². The lowest BCUT2D eigenvalue weighted by atomic mass is 10.1. The van der Waals surface area contributed by atoms with Crippen molar-refractivity contribution in [1.29, 1.82) is 0 Å². The van der Waals surface area contributed by atoms with Crippen LogP contribution in [0.4, 0.5) is 11.8 Å². The lowest BCUT2D eigenvalue weighted by molar-refractivity contribution is -0.142. The zero-order valence-electron chi connectivity index (χ0n) is 12.4. The topological polar surface area (TPSA) is 94.2 Å². The van der Waals surface area contributed by atoms with Crippen LogP contribution >= 0.6 is 0 Å². The van der Waals surface area contributed by atoms with Gasteiger partial charge in [0.15, 0.2) is 0 Å². The molecule has 2 aliphatic rings. The molecule has 2 aromatic rings. The number of nitrogen functional groups attached to an aromatic ring is 1. The van der Waals surface area contributed by atoms with E-state index in [0.29, 0.717) is 19.6 Å². The maximum absolute atomic E-state index is 11.8. The smallest absolute Gasteiger partial charge is 0.307 e. The maximum atomic E-state index is 11.8. The summed E-state index contributed by atoms with van der Waals surface area (Å²) in [6, 6.07) is 2.00. The van der Waals surface area contributed by atoms with Crippen molar-refractivity contribution in [1.82, 2.24) is 15.0 Å². The second-order valence-corrected chi connectivity index (χ2v) is 5.82. The highest BCUT2D eigenvalue weighted by atomic mass is 16.5. The lowest BCUT2D eigenvalue weighted by Gasteiger charge is -2.28. The second-order valence-electron chi connectivity index (χ2n) is 5.82. The Hall–Kier alpha value is -2.44. The summed E-state index contributed by atoms with van der Waals surface area (Å²) in [5.41, 5.74) is 8.63. The highest BCUT2D eigenvalue weighted by Gasteiger charge is 2.32. The number of pyridine rings is 1. The molecule has 22 heavy (non-hydrogen) atoms. The fourth-order valence-electron chi connectivity index (χ4n) is 3.39. The fraction of sp³-hybridized carbons (Fsp3) is 0.467. The molecule has 114 valence electrons. The van der Waals surface area contributed by atoms with E-state index < -0.39 is 0 Å². The van der Waals surface area contributed by atoms with Crippen molar-refractivity contribution < 1.29 is 9.53 Å². The van der Waals surface area contributed by atoms with Crippen LogP contribution in [0.15, 0.2) is 6.07 Å². The van der Waals surface area contributed by atoms with Gasteiger partial charge in [0.2, 0.25) is 5.95 Å². The number of aromatic nitrogens is 3. The van der Waals surface area contributed by atoms with Crippen molar-refractivity contribution in [2.24, 2.45) is 0 Å². The van der Waals surface area contributed by atoms with E-state index in [4.69, 9.17) is 10.5 Å². The number of hydrogen-bond acceptors (Lipinski definition) is 7. The predicted molar refractivity (Wildman–Crippen MR) is 81.5 cm³/mol. The molecule has 4 heterocycles. The number of ether oxygens (including phenoxy) is 1. The minimum absolute atomic E-state index is 0.0713. The maximum Gasteiger partial charge on any atom is 0.307 e. The van der Waals surface area contributed by atoms with Crippen molar-refractivity contribution in [3.8, 4) is 0 Å². The third-order valence-electron chi connectivity index (χ3n) is 4.31. The molecule has 0 aromatic carbocycles. The Balaban J connectivity index is 1.96. The minimum atomic E-state index is -0.152. The summed E-state index contributed by atoms with van der Waals surface area (Å²) in [6.45, 7) is 2.94. The van der Waals surface area contributed by atoms with Crippen molar-refractivity contribution in [3.63, 3.8) is 0 Å². The Bertz CT molecular complexity index is 771. The fourth-order valence-corrected chi connectivity index (χ4v) is 3.39. The van der Waals surface area contributed by atoms with Gasteiger partial charge in [-0.05, 0) is 25.8 Å². The van der Waals surface area contributed by atoms with E-state index in [1.165, 1.54) is 0 Å². The molecule has 4 rings (SSSR count). The number of hydrogen-bond donors (Lipinski definition) is 1. The molecule has 0 bridgehead atoms. The zero-order chi connectivity index (χ0) is 15.3. The summed E-state index contributed by atoms with van der Waals surface area (Å²) in [5.74, 6) is 0.878. The monoisotopic (exact) mass is 299 g/mol. The number of rotatable bonds is 0. The van der Waals surface area contributed by atoms with Crippen molar-refractivity contribution >= 4 is 28.6 Å². The van der Waals surface area contributed by atoms with Crippen LogP contribution in [0, 0.1) is 6.92 Å². The molecule has 0 aliphatic carbocycles. The summed E-state index contributed by atoms with van der Waals surface area (Å²) in [4.78, 5) is 27.4. The van der Waals surface area contributed by atoms with Crippen LogP contribution in [0.3, 0.4) is 0 Å². The van der Waals surface area contributed by atoms with Gasteiger partial charge in [0.05, 0.1) is 29.6 Å². The Kier molecular flexibility index (Phi) is 2.88. The molecule has 1 fully saturated rings. The standard InChI is InChI=1S/C15H17N5O2/c1-8-6-11-13-10(17-8)3-2-9-7-12(21)22-5-4-20(9)14(13)19-15(16)18-11/h6,9H,2-5,7H2,1H3,(H2,16,18,19). The first-order chi connectivity index (χ1) is 10.6. The largest absolute Gasteiger partial charge is 0.464 e. The summed E-state index contributed by atoms with van der Waals surface area (Å²) in [6.07, 6.45) is 2.02. The molecule has 2 aliphatic heterocycles. The molecule has 2 aromatic heterocycles. The average molecular weight is 299 g/mol. The van der Waals surface area contributed by atoms with Gasteiger partial charge in [0.25, 0.3) is 0 Å². The summed E-state index contributed by atoms with van der Waals surface area (Å²) in [5, 5.41) is 0.955. The molecular formula is C15H17N5O2. The molecule has 1 unspecified atom stereocenters.